The van der Waals surface area contributed by atoms with E-state index in [-0.39, 0.29) is 216 Å². The van der Waals surface area contributed by atoms with Crippen LogP contribution in [-0.2, 0) is 99.4 Å². The van der Waals surface area contributed by atoms with Gasteiger partial charge in [0.15, 0.2) is 18.9 Å². The van der Waals surface area contributed by atoms with Crippen molar-refractivity contribution in [3.05, 3.63) is 0 Å². The number of hydrogen-bond acceptors (Lipinski definition) is 31. The van der Waals surface area contributed by atoms with Gasteiger partial charge in [0, 0.05) is 155 Å². The number of carbonyl (C=O) groups excluding carboxylic acids is 9. The number of likely N-dealkylation sites (tertiary alicyclic amines) is 1. The molecule has 0 aromatic heterocycles. The summed E-state index contributed by atoms with van der Waals surface area (Å²) in [4.78, 5) is 130. The lowest BCUT2D eigenvalue weighted by Crippen LogP contribution is -2.64. The number of amides is 8. The minimum absolute atomic E-state index is 0.0406. The van der Waals surface area contributed by atoms with Gasteiger partial charge in [0.25, 0.3) is 7.82 Å². The van der Waals surface area contributed by atoms with E-state index in [0.29, 0.717) is 90.0 Å². The van der Waals surface area contributed by atoms with Crippen LogP contribution >= 0.6 is 7.82 Å². The Labute approximate surface area is 699 Å². The lowest BCUT2D eigenvalue weighted by Gasteiger charge is -2.42. The Kier molecular flexibility index (Phi) is 53.9. The predicted molar refractivity (Wildman–Crippen MR) is 425 cm³/mol. The third kappa shape index (κ3) is 42.8. The number of nitrogens with zero attached hydrogens (tertiary/aromatic N) is 1. The number of hydrogen-bond donors (Lipinski definition) is 16. The van der Waals surface area contributed by atoms with E-state index < -0.39 is 131 Å². The molecule has 4 saturated heterocycles. The molecule has 0 radical (unpaired) electrons. The zero-order valence-electron chi connectivity index (χ0n) is 70.4. The fourth-order valence-electron chi connectivity index (χ4n) is 14.2. The van der Waals surface area contributed by atoms with Crippen LogP contribution in [0.4, 0.5) is 0 Å². The SMILES string of the molecule is COP(=O)([O-])OC[C@@H]1C[C@@H](C)CN1C(=O)CCCCCCCCCCC(=O)CC(COCCC(=O)NCCCNC(=O)CCCCOC1OC(CO)C(O)C(O)C1C)(COCCC(=O)NCCCNC(=O)CCCCOC1OC(CO)C(O)C(O)C1C)COCCC(=O)NCCCNC(=O)CCCCOC1OC(CO)C(O)C(O)C1NC(C)=O. The summed E-state index contributed by atoms with van der Waals surface area (Å²) in [6.07, 6.45) is -1.64. The molecule has 0 aromatic carbocycles. The van der Waals surface area contributed by atoms with Crippen LogP contribution < -0.4 is 42.1 Å². The summed E-state index contributed by atoms with van der Waals surface area (Å²) in [6, 6.07) is -1.44. The number of aliphatic hydroxyl groups is 9. The summed E-state index contributed by atoms with van der Waals surface area (Å²) >= 11 is 0. The molecule has 39 nitrogen and oxygen atoms in total. The number of Topliss-reactive ketones (excluding diaryl/α,β-unsaturated/α-hetero) is 1. The normalized spacial score (nSPS) is 26.1. The zero-order chi connectivity index (χ0) is 87.6. The smallest absolute Gasteiger partial charge is 0.267 e. The highest BCUT2D eigenvalue weighted by atomic mass is 31.2. The van der Waals surface area contributed by atoms with Crippen molar-refractivity contribution in [2.75, 3.05) is 139 Å². The number of unbranched alkanes of at least 4 members (excludes halogenated alkanes) is 10. The lowest BCUT2D eigenvalue weighted by molar-refractivity contribution is -0.282. The van der Waals surface area contributed by atoms with E-state index in [0.717, 1.165) is 45.6 Å². The first-order valence-electron chi connectivity index (χ1n) is 42.6. The predicted octanol–water partition coefficient (Wildman–Crippen LogP) is -1.06. The highest BCUT2D eigenvalue weighted by molar-refractivity contribution is 7.45. The number of carbonyl (C=O) groups is 9. The molecule has 18 atom stereocenters. The first kappa shape index (κ1) is 106. The number of rotatable bonds is 66. The van der Waals surface area contributed by atoms with E-state index in [1.54, 1.807) is 18.7 Å². The third-order valence-corrected chi connectivity index (χ3v) is 22.2. The van der Waals surface area contributed by atoms with Crippen LogP contribution in [0.5, 0.6) is 0 Å². The Morgan fingerprint density at radius 2 is 0.790 bits per heavy atom. The van der Waals surface area contributed by atoms with Crippen molar-refractivity contribution in [1.29, 1.82) is 0 Å². The molecular formula is C79H142N8O31P-. The van der Waals surface area contributed by atoms with Crippen LogP contribution in [-0.4, -0.2) is 329 Å². The van der Waals surface area contributed by atoms with Crippen LogP contribution in [0, 0.1) is 23.2 Å². The maximum absolute atomic E-state index is 14.2. The molecule has 8 amide bonds. The second-order valence-electron chi connectivity index (χ2n) is 31.6. The van der Waals surface area contributed by atoms with Crippen molar-refractivity contribution in [3.8, 4) is 0 Å². The van der Waals surface area contributed by atoms with Gasteiger partial charge < -0.3 is 145 Å². The van der Waals surface area contributed by atoms with Crippen molar-refractivity contribution in [3.63, 3.8) is 0 Å². The summed E-state index contributed by atoms with van der Waals surface area (Å²) < 4.78 is 73.7. The van der Waals surface area contributed by atoms with Gasteiger partial charge in [0.1, 0.15) is 54.6 Å². The first-order valence-corrected chi connectivity index (χ1v) is 44.1. The number of aliphatic hydroxyl groups excluding tert-OH is 9. The molecule has 119 heavy (non-hydrogen) atoms. The van der Waals surface area contributed by atoms with Crippen LogP contribution in [0.25, 0.3) is 0 Å². The van der Waals surface area contributed by atoms with Crippen LogP contribution in [0.3, 0.4) is 0 Å². The number of ether oxygens (including phenoxy) is 9. The Bertz CT molecular complexity index is 2870. The van der Waals surface area contributed by atoms with E-state index in [2.05, 4.69) is 41.7 Å². The standard InChI is InChI=1S/C79H143N8O31P/c1-53-43-57(49-115-119(106,107)108-5)87(45-53)68(99)27-13-11-9-7-6-8-10-12-23-58(92)44-79(50-109-40-28-65(96)83-34-20-31-80-62(93)24-14-17-37-112-76-54(2)70(100)72(102)59(46-88)116-76,51-110-41-29-66(97)84-35-21-32-81-63(94)25-15-18-38-113-77-55(3)71(101)73(103)60(47-89)117-77)52-111-42-30-67(98)85-36-22-33-82-64(95)26-16-19-39-114-78-69(86-56(4)91)75(105)74(104)61(48-90)118-78/h53-55,57,59-61,69-78,88-90,100-105H,6-52H2,1-5H3,(H,80,93)(H,81,94)(H,82,95)(H,83,96)(H,84,97)(H,85,98)(H,86,91)(H,106,107)/p-1/t53-,54?,55?,57+,59?,60?,61?,69?,70?,71?,72?,73?,74?,75?,76?,77?,78?,79?/m1/s1. The van der Waals surface area contributed by atoms with Crippen LogP contribution in [0.1, 0.15) is 201 Å². The van der Waals surface area contributed by atoms with Crippen molar-refractivity contribution < 1.29 is 150 Å². The maximum atomic E-state index is 14.2. The molecule has 0 bridgehead atoms. The summed E-state index contributed by atoms with van der Waals surface area (Å²) in [6.45, 7) is 6.83. The molecule has 4 rings (SSSR count). The van der Waals surface area contributed by atoms with Gasteiger partial charge in [-0.05, 0) is 83.0 Å². The number of phosphoric acid groups is 1. The minimum Gasteiger partial charge on any atom is -0.756 e. The fourth-order valence-corrected chi connectivity index (χ4v) is 14.6. The highest BCUT2D eigenvalue weighted by Gasteiger charge is 2.47. The van der Waals surface area contributed by atoms with Gasteiger partial charge in [-0.15, -0.1) is 0 Å². The molecule has 690 valence electrons. The molecule has 4 aliphatic rings. The Balaban J connectivity index is 1.29. The molecular weight excluding hydrogens is 1590 g/mol. The Hall–Kier alpha value is -5.18. The van der Waals surface area contributed by atoms with Crippen molar-refractivity contribution in [2.45, 2.75) is 287 Å². The van der Waals surface area contributed by atoms with Gasteiger partial charge in [-0.3, -0.25) is 47.7 Å². The molecule has 4 aliphatic heterocycles. The van der Waals surface area contributed by atoms with E-state index >= 15 is 0 Å². The zero-order valence-corrected chi connectivity index (χ0v) is 71.3. The van der Waals surface area contributed by atoms with Crippen molar-refractivity contribution >= 4 is 60.9 Å². The molecule has 16 N–H and O–H groups in total. The van der Waals surface area contributed by atoms with E-state index in [1.807, 2.05) is 6.92 Å². The maximum Gasteiger partial charge on any atom is 0.267 e. The van der Waals surface area contributed by atoms with Crippen molar-refractivity contribution in [1.82, 2.24) is 42.1 Å². The summed E-state index contributed by atoms with van der Waals surface area (Å²) in [5.41, 5.74) is -1.17. The first-order chi connectivity index (χ1) is 57.0. The summed E-state index contributed by atoms with van der Waals surface area (Å²) in [5, 5.41) is 110. The number of ketones is 1. The molecule has 0 saturated carbocycles. The highest BCUT2D eigenvalue weighted by Crippen LogP contribution is 2.39. The number of nitrogens with one attached hydrogen (secondary N) is 7. The van der Waals surface area contributed by atoms with E-state index in [1.165, 1.54) is 6.92 Å². The molecule has 16 unspecified atom stereocenters. The van der Waals surface area contributed by atoms with E-state index in [9.17, 15) is 98.6 Å². The summed E-state index contributed by atoms with van der Waals surface area (Å²) in [5.74, 6) is -3.18. The molecule has 4 fully saturated rings. The van der Waals surface area contributed by atoms with Gasteiger partial charge in [-0.25, -0.2) is 0 Å². The van der Waals surface area contributed by atoms with E-state index in [4.69, 9.17) is 47.2 Å². The van der Waals surface area contributed by atoms with Crippen LogP contribution in [0.15, 0.2) is 0 Å². The molecule has 40 heteroatoms. The molecule has 0 aliphatic carbocycles. The third-order valence-electron chi connectivity index (χ3n) is 21.3. The Morgan fingerprint density at radius 1 is 0.445 bits per heavy atom. The van der Waals surface area contributed by atoms with Crippen molar-refractivity contribution in [2.24, 2.45) is 23.2 Å². The summed E-state index contributed by atoms with van der Waals surface area (Å²) in [7, 11) is -3.41. The average Bonchev–Trinajstić information content (AvgIpc) is 1.48. The molecule has 4 heterocycles. The van der Waals surface area contributed by atoms with Gasteiger partial charge in [-0.2, -0.15) is 0 Å². The lowest BCUT2D eigenvalue weighted by atomic mass is 9.84. The van der Waals surface area contributed by atoms with Gasteiger partial charge in [0.05, 0.1) is 84.3 Å². The topological polar surface area (TPSA) is 565 Å². The number of phosphoric ester groups is 1. The van der Waals surface area contributed by atoms with Gasteiger partial charge in [-0.1, -0.05) is 59.3 Å². The van der Waals surface area contributed by atoms with Gasteiger partial charge >= 0.3 is 0 Å². The minimum atomic E-state index is -4.43. The molecule has 0 aromatic rings. The largest absolute Gasteiger partial charge is 0.756 e. The average molecular weight is 1730 g/mol. The van der Waals surface area contributed by atoms with Gasteiger partial charge in [0.2, 0.25) is 47.3 Å². The fraction of sp³-hybridized carbons (Fsp3) is 0.886. The van der Waals surface area contributed by atoms with Crippen LogP contribution in [0.2, 0.25) is 0 Å². The molecule has 0 spiro atoms. The quantitative estimate of drug-likeness (QED) is 0.0255. The second kappa shape index (κ2) is 60.4. The Morgan fingerprint density at radius 3 is 1.17 bits per heavy atom. The second-order valence-corrected chi connectivity index (χ2v) is 33.1. The monoisotopic (exact) mass is 1730 g/mol.